The average molecular weight is 170 g/mol. The van der Waals surface area contributed by atoms with Crippen LogP contribution < -0.4 is 0 Å². The van der Waals surface area contributed by atoms with E-state index in [9.17, 15) is 5.11 Å². The molecule has 0 aromatic heterocycles. The Bertz CT molecular complexity index is 123. The van der Waals surface area contributed by atoms with Crippen molar-refractivity contribution in [2.75, 3.05) is 19.7 Å². The monoisotopic (exact) mass is 170 g/mol. The van der Waals surface area contributed by atoms with Crippen LogP contribution in [-0.4, -0.2) is 30.6 Å². The zero-order valence-electron chi connectivity index (χ0n) is 8.25. The number of nitrogens with zero attached hydrogens (tertiary/aromatic N) is 1. The third-order valence-electron chi connectivity index (χ3n) is 2.81. The second kappa shape index (κ2) is 4.83. The number of hydrogen-bond acceptors (Lipinski definition) is 1. The maximum atomic E-state index is 10.5. The highest BCUT2D eigenvalue weighted by Crippen LogP contribution is 2.20. The van der Waals surface area contributed by atoms with Gasteiger partial charge in [-0.1, -0.05) is 0 Å². The van der Waals surface area contributed by atoms with E-state index in [2.05, 4.69) is 18.7 Å². The fourth-order valence-corrected chi connectivity index (χ4v) is 1.97. The van der Waals surface area contributed by atoms with Crippen molar-refractivity contribution in [1.29, 1.82) is 0 Å². The van der Waals surface area contributed by atoms with E-state index in [1.54, 1.807) is 0 Å². The molecule has 2 nitrogen and oxygen atoms in total. The number of hydrogen-bond donors (Lipinski definition) is 0. The summed E-state index contributed by atoms with van der Waals surface area (Å²) < 4.78 is 0. The van der Waals surface area contributed by atoms with Gasteiger partial charge in [-0.3, -0.25) is 0 Å². The number of rotatable bonds is 3. The van der Waals surface area contributed by atoms with Crippen LogP contribution in [0.3, 0.4) is 0 Å². The summed E-state index contributed by atoms with van der Waals surface area (Å²) in [6.07, 6.45) is 3.43. The molecule has 1 fully saturated rings. The van der Waals surface area contributed by atoms with Gasteiger partial charge in [-0.05, 0) is 45.6 Å². The highest BCUT2D eigenvalue weighted by atomic mass is 16.3. The molecule has 1 radical (unpaired) electrons. The zero-order chi connectivity index (χ0) is 8.97. The molecule has 0 amide bonds. The number of piperidine rings is 1. The van der Waals surface area contributed by atoms with Gasteiger partial charge >= 0.3 is 0 Å². The molecule has 0 saturated carbocycles. The molecule has 1 rings (SSSR count). The van der Waals surface area contributed by atoms with Crippen molar-refractivity contribution in [2.24, 2.45) is 5.92 Å². The van der Waals surface area contributed by atoms with Crippen LogP contribution in [0.2, 0.25) is 0 Å². The maximum Gasteiger partial charge on any atom is 0.0825 e. The van der Waals surface area contributed by atoms with E-state index < -0.39 is 0 Å². The molecule has 71 valence electrons. The summed E-state index contributed by atoms with van der Waals surface area (Å²) in [4.78, 5) is 2.49. The third kappa shape index (κ3) is 2.76. The van der Waals surface area contributed by atoms with Crippen LogP contribution >= 0.6 is 0 Å². The molecule has 2 heteroatoms. The maximum absolute atomic E-state index is 10.5. The Morgan fingerprint density at radius 3 is 2.83 bits per heavy atom. The normalized spacial score (nSPS) is 26.5. The molecule has 12 heavy (non-hydrogen) atoms. The van der Waals surface area contributed by atoms with Gasteiger partial charge in [-0.15, -0.1) is 0 Å². The van der Waals surface area contributed by atoms with E-state index >= 15 is 0 Å². The van der Waals surface area contributed by atoms with Crippen molar-refractivity contribution >= 4 is 0 Å². The minimum Gasteiger partial charge on any atom is -0.301 e. The molecule has 0 aromatic carbocycles. The lowest BCUT2D eigenvalue weighted by atomic mass is 9.94. The minimum absolute atomic E-state index is 0.108. The Morgan fingerprint density at radius 2 is 2.25 bits per heavy atom. The molecule has 0 aliphatic carbocycles. The first-order valence-electron chi connectivity index (χ1n) is 5.06. The lowest BCUT2D eigenvalue weighted by Gasteiger charge is -2.35. The quantitative estimate of drug-likeness (QED) is 0.634. The first kappa shape index (κ1) is 10.0. The second-order valence-electron chi connectivity index (χ2n) is 4.09. The first-order valence-corrected chi connectivity index (χ1v) is 5.06. The largest absolute Gasteiger partial charge is 0.301 e. The lowest BCUT2D eigenvalue weighted by molar-refractivity contribution is 0.104. The van der Waals surface area contributed by atoms with Crippen LogP contribution in [0.5, 0.6) is 0 Å². The first-order chi connectivity index (χ1) is 5.74. The molecule has 1 heterocycles. The van der Waals surface area contributed by atoms with Gasteiger partial charge in [0.15, 0.2) is 0 Å². The van der Waals surface area contributed by atoms with Crippen LogP contribution in [0.4, 0.5) is 0 Å². The van der Waals surface area contributed by atoms with Gasteiger partial charge in [0.25, 0.3) is 0 Å². The standard InChI is InChI=1S/C10H20NO/c1-9(2)11-6-3-4-10(8-11)5-7-12/h9-10H,3-8H2,1-2H3. The fourth-order valence-electron chi connectivity index (χ4n) is 1.97. The number of likely N-dealkylation sites (tertiary alicyclic amines) is 1. The Kier molecular flexibility index (Phi) is 4.02. The van der Waals surface area contributed by atoms with E-state index in [4.69, 9.17) is 0 Å². The van der Waals surface area contributed by atoms with Crippen molar-refractivity contribution in [3.63, 3.8) is 0 Å². The van der Waals surface area contributed by atoms with E-state index in [1.807, 2.05) is 0 Å². The molecular weight excluding hydrogens is 150 g/mol. The molecule has 0 aromatic rings. The predicted molar refractivity (Wildman–Crippen MR) is 49.6 cm³/mol. The van der Waals surface area contributed by atoms with Crippen molar-refractivity contribution < 1.29 is 5.11 Å². The fraction of sp³-hybridized carbons (Fsp3) is 1.00. The zero-order valence-corrected chi connectivity index (χ0v) is 8.25. The Balaban J connectivity index is 2.30. The highest BCUT2D eigenvalue weighted by molar-refractivity contribution is 4.74. The van der Waals surface area contributed by atoms with E-state index in [0.29, 0.717) is 12.0 Å². The Morgan fingerprint density at radius 1 is 1.50 bits per heavy atom. The van der Waals surface area contributed by atoms with Gasteiger partial charge in [0.2, 0.25) is 0 Å². The molecule has 0 N–H and O–H groups in total. The average Bonchev–Trinajstić information content (AvgIpc) is 2.05. The van der Waals surface area contributed by atoms with Crippen LogP contribution in [0.25, 0.3) is 0 Å². The summed E-state index contributed by atoms with van der Waals surface area (Å²) in [5, 5.41) is 10.5. The molecule has 1 atom stereocenters. The Labute approximate surface area is 75.6 Å². The molecule has 1 unspecified atom stereocenters. The summed E-state index contributed by atoms with van der Waals surface area (Å²) in [7, 11) is 0. The lowest BCUT2D eigenvalue weighted by Crippen LogP contribution is -2.40. The van der Waals surface area contributed by atoms with Crippen molar-refractivity contribution in [1.82, 2.24) is 4.90 Å². The molecule has 1 aliphatic rings. The van der Waals surface area contributed by atoms with Crippen molar-refractivity contribution in [3.8, 4) is 0 Å². The summed E-state index contributed by atoms with van der Waals surface area (Å²) in [6, 6.07) is 0.652. The summed E-state index contributed by atoms with van der Waals surface area (Å²) in [5.41, 5.74) is 0. The van der Waals surface area contributed by atoms with Crippen molar-refractivity contribution in [2.45, 2.75) is 39.2 Å². The molecule has 1 saturated heterocycles. The van der Waals surface area contributed by atoms with E-state index in [-0.39, 0.29) is 6.61 Å². The minimum atomic E-state index is 0.108. The van der Waals surface area contributed by atoms with Crippen molar-refractivity contribution in [3.05, 3.63) is 0 Å². The summed E-state index contributed by atoms with van der Waals surface area (Å²) in [6.45, 7) is 6.96. The SMILES string of the molecule is CC(C)N1CCCC(CC[O])C1. The van der Waals surface area contributed by atoms with E-state index in [0.717, 1.165) is 13.0 Å². The molecule has 0 spiro atoms. The van der Waals surface area contributed by atoms with Gasteiger partial charge in [-0.25, -0.2) is 5.11 Å². The van der Waals surface area contributed by atoms with Crippen LogP contribution in [0.1, 0.15) is 33.1 Å². The topological polar surface area (TPSA) is 23.1 Å². The van der Waals surface area contributed by atoms with Gasteiger partial charge in [0.05, 0.1) is 6.61 Å². The molecule has 0 bridgehead atoms. The highest BCUT2D eigenvalue weighted by Gasteiger charge is 2.20. The van der Waals surface area contributed by atoms with E-state index in [1.165, 1.54) is 19.4 Å². The third-order valence-corrected chi connectivity index (χ3v) is 2.81. The van der Waals surface area contributed by atoms with Gasteiger partial charge < -0.3 is 4.90 Å². The molecular formula is C10H20NO. The smallest absolute Gasteiger partial charge is 0.0825 e. The van der Waals surface area contributed by atoms with Gasteiger partial charge in [-0.2, -0.15) is 0 Å². The van der Waals surface area contributed by atoms with Crippen LogP contribution in [-0.2, 0) is 5.11 Å². The van der Waals surface area contributed by atoms with Crippen LogP contribution in [0, 0.1) is 5.92 Å². The summed E-state index contributed by atoms with van der Waals surface area (Å²) in [5.74, 6) is 0.679. The van der Waals surface area contributed by atoms with Gasteiger partial charge in [0.1, 0.15) is 0 Å². The van der Waals surface area contributed by atoms with Crippen LogP contribution in [0.15, 0.2) is 0 Å². The second-order valence-corrected chi connectivity index (χ2v) is 4.09. The summed E-state index contributed by atoms with van der Waals surface area (Å²) >= 11 is 0. The predicted octanol–water partition coefficient (Wildman–Crippen LogP) is 1.93. The Hall–Kier alpha value is -0.0800. The molecule has 1 aliphatic heterocycles. The van der Waals surface area contributed by atoms with Gasteiger partial charge in [0, 0.05) is 12.6 Å².